The average Bonchev–Trinajstić information content (AvgIpc) is 2.39. The lowest BCUT2D eigenvalue weighted by atomic mass is 10.3. The van der Waals surface area contributed by atoms with Crippen molar-refractivity contribution in [2.45, 2.75) is 13.3 Å². The highest BCUT2D eigenvalue weighted by Crippen LogP contribution is 2.16. The van der Waals surface area contributed by atoms with Gasteiger partial charge >= 0.3 is 0 Å². The summed E-state index contributed by atoms with van der Waals surface area (Å²) in [6.45, 7) is 2.65. The second kappa shape index (κ2) is 7.58. The van der Waals surface area contributed by atoms with Crippen LogP contribution >= 0.6 is 11.6 Å². The molecule has 19 heavy (non-hydrogen) atoms. The number of nitrogens with zero attached hydrogens (tertiary/aromatic N) is 1. The average molecular weight is 285 g/mol. The van der Waals surface area contributed by atoms with Gasteiger partial charge in [-0.1, -0.05) is 11.6 Å². The standard InChI is InChI=1S/C12H17ClN4O2/c1-3-15-10(18)6-7-16-12(19)11-8(13)4-5-9(14-2)17-11/h4-5H,3,6-7H2,1-2H3,(H,14,17)(H,15,18)(H,16,19). The summed E-state index contributed by atoms with van der Waals surface area (Å²) in [6.07, 6.45) is 0.225. The van der Waals surface area contributed by atoms with Gasteiger partial charge in [-0.25, -0.2) is 4.98 Å². The van der Waals surface area contributed by atoms with Gasteiger partial charge < -0.3 is 16.0 Å². The number of carbonyl (C=O) groups is 2. The number of nitrogens with one attached hydrogen (secondary N) is 3. The minimum absolute atomic E-state index is 0.106. The number of amides is 2. The van der Waals surface area contributed by atoms with Crippen LogP contribution in [0.5, 0.6) is 0 Å². The molecular weight excluding hydrogens is 268 g/mol. The van der Waals surface area contributed by atoms with E-state index in [0.717, 1.165) is 0 Å². The molecule has 1 rings (SSSR count). The van der Waals surface area contributed by atoms with Crippen LogP contribution in [-0.4, -0.2) is 36.9 Å². The van der Waals surface area contributed by atoms with Crippen LogP contribution in [0.3, 0.4) is 0 Å². The molecule has 3 N–H and O–H groups in total. The fourth-order valence-corrected chi connectivity index (χ4v) is 1.59. The maximum atomic E-state index is 11.9. The van der Waals surface area contributed by atoms with Crippen molar-refractivity contribution < 1.29 is 9.59 Å². The van der Waals surface area contributed by atoms with Gasteiger partial charge in [0.2, 0.25) is 5.91 Å². The minimum Gasteiger partial charge on any atom is -0.373 e. The highest BCUT2D eigenvalue weighted by molar-refractivity contribution is 6.33. The molecule has 0 saturated heterocycles. The Kier molecular flexibility index (Phi) is 6.08. The molecule has 0 aliphatic rings. The van der Waals surface area contributed by atoms with Gasteiger partial charge in [0, 0.05) is 26.6 Å². The van der Waals surface area contributed by atoms with E-state index in [4.69, 9.17) is 11.6 Å². The van der Waals surface area contributed by atoms with Gasteiger partial charge in [-0.3, -0.25) is 9.59 Å². The monoisotopic (exact) mass is 284 g/mol. The Bertz CT molecular complexity index is 465. The highest BCUT2D eigenvalue weighted by Gasteiger charge is 2.13. The molecule has 7 heteroatoms. The summed E-state index contributed by atoms with van der Waals surface area (Å²) in [4.78, 5) is 27.1. The normalized spacial score (nSPS) is 9.84. The zero-order chi connectivity index (χ0) is 14.3. The van der Waals surface area contributed by atoms with E-state index >= 15 is 0 Å². The van der Waals surface area contributed by atoms with E-state index in [0.29, 0.717) is 12.4 Å². The highest BCUT2D eigenvalue weighted by atomic mass is 35.5. The summed E-state index contributed by atoms with van der Waals surface area (Å²) in [5.41, 5.74) is 0.143. The number of anilines is 1. The van der Waals surface area contributed by atoms with Crippen LogP contribution in [0, 0.1) is 0 Å². The summed E-state index contributed by atoms with van der Waals surface area (Å²) < 4.78 is 0. The molecule has 1 aromatic heterocycles. The fraction of sp³-hybridized carbons (Fsp3) is 0.417. The summed E-state index contributed by atoms with van der Waals surface area (Å²) in [5, 5.41) is 8.35. The van der Waals surface area contributed by atoms with Crippen LogP contribution in [0.15, 0.2) is 12.1 Å². The van der Waals surface area contributed by atoms with Crippen molar-refractivity contribution in [3.8, 4) is 0 Å². The van der Waals surface area contributed by atoms with E-state index in [1.165, 1.54) is 0 Å². The third-order valence-corrected chi connectivity index (χ3v) is 2.63. The van der Waals surface area contributed by atoms with Gasteiger partial charge in [-0.2, -0.15) is 0 Å². The van der Waals surface area contributed by atoms with Crippen molar-refractivity contribution in [2.75, 3.05) is 25.5 Å². The Morgan fingerprint density at radius 1 is 1.32 bits per heavy atom. The van der Waals surface area contributed by atoms with Crippen molar-refractivity contribution >= 4 is 29.2 Å². The zero-order valence-corrected chi connectivity index (χ0v) is 11.7. The van der Waals surface area contributed by atoms with Gasteiger partial charge in [0.25, 0.3) is 5.91 Å². The molecule has 6 nitrogen and oxygen atoms in total. The first-order valence-electron chi connectivity index (χ1n) is 5.97. The molecule has 104 valence electrons. The molecule has 0 aromatic carbocycles. The molecule has 0 spiro atoms. The number of hydrogen-bond acceptors (Lipinski definition) is 4. The molecule has 2 amide bonds. The molecule has 0 fully saturated rings. The predicted molar refractivity (Wildman–Crippen MR) is 74.4 cm³/mol. The van der Waals surface area contributed by atoms with Crippen molar-refractivity contribution in [3.63, 3.8) is 0 Å². The van der Waals surface area contributed by atoms with E-state index in [1.54, 1.807) is 19.2 Å². The van der Waals surface area contributed by atoms with Crippen molar-refractivity contribution in [2.24, 2.45) is 0 Å². The largest absolute Gasteiger partial charge is 0.373 e. The summed E-state index contributed by atoms with van der Waals surface area (Å²) >= 11 is 5.91. The van der Waals surface area contributed by atoms with E-state index < -0.39 is 5.91 Å². The van der Waals surface area contributed by atoms with Gasteiger partial charge in [0.1, 0.15) is 11.5 Å². The number of rotatable bonds is 6. The first-order chi connectivity index (χ1) is 9.08. The van der Waals surface area contributed by atoms with Crippen molar-refractivity contribution in [1.29, 1.82) is 0 Å². The topological polar surface area (TPSA) is 83.1 Å². The van der Waals surface area contributed by atoms with Crippen molar-refractivity contribution in [3.05, 3.63) is 22.8 Å². The van der Waals surface area contributed by atoms with Gasteiger partial charge in [0.05, 0.1) is 5.02 Å². The number of pyridine rings is 1. The maximum absolute atomic E-state index is 11.9. The first kappa shape index (κ1) is 15.2. The Morgan fingerprint density at radius 3 is 2.68 bits per heavy atom. The Morgan fingerprint density at radius 2 is 2.05 bits per heavy atom. The minimum atomic E-state index is -0.397. The predicted octanol–water partition coefficient (Wildman–Crippen LogP) is 1.03. The Balaban J connectivity index is 2.56. The second-order valence-electron chi connectivity index (χ2n) is 3.74. The number of halogens is 1. The number of aromatic nitrogens is 1. The Hall–Kier alpha value is -1.82. The molecule has 0 radical (unpaired) electrons. The SMILES string of the molecule is CCNC(=O)CCNC(=O)c1nc(NC)ccc1Cl. The van der Waals surface area contributed by atoms with Crippen LogP contribution in [0.25, 0.3) is 0 Å². The smallest absolute Gasteiger partial charge is 0.271 e. The summed E-state index contributed by atoms with van der Waals surface area (Å²) in [6, 6.07) is 3.27. The molecule has 1 aromatic rings. The molecule has 0 unspecified atom stereocenters. The molecule has 0 bridgehead atoms. The van der Waals surface area contributed by atoms with Crippen LogP contribution in [-0.2, 0) is 4.79 Å². The fourth-order valence-electron chi connectivity index (χ4n) is 1.40. The molecule has 0 saturated carbocycles. The third kappa shape index (κ3) is 4.75. The number of carbonyl (C=O) groups excluding carboxylic acids is 2. The van der Waals surface area contributed by atoms with Gasteiger partial charge in [0.15, 0.2) is 0 Å². The second-order valence-corrected chi connectivity index (χ2v) is 4.14. The summed E-state index contributed by atoms with van der Waals surface area (Å²) in [7, 11) is 1.70. The molecule has 0 aliphatic heterocycles. The first-order valence-corrected chi connectivity index (χ1v) is 6.35. The molecule has 0 aliphatic carbocycles. The van der Waals surface area contributed by atoms with E-state index in [-0.39, 0.29) is 29.6 Å². The van der Waals surface area contributed by atoms with Crippen LogP contribution in [0.2, 0.25) is 5.02 Å². The van der Waals surface area contributed by atoms with Crippen molar-refractivity contribution in [1.82, 2.24) is 15.6 Å². The van der Waals surface area contributed by atoms with Gasteiger partial charge in [-0.05, 0) is 19.1 Å². The molecule has 1 heterocycles. The molecular formula is C12H17ClN4O2. The summed E-state index contributed by atoms with van der Waals surface area (Å²) in [5.74, 6) is 0.0514. The lowest BCUT2D eigenvalue weighted by Gasteiger charge is -2.07. The quantitative estimate of drug-likeness (QED) is 0.729. The van der Waals surface area contributed by atoms with Gasteiger partial charge in [-0.15, -0.1) is 0 Å². The lowest BCUT2D eigenvalue weighted by molar-refractivity contribution is -0.120. The van der Waals surface area contributed by atoms with Crippen LogP contribution < -0.4 is 16.0 Å². The maximum Gasteiger partial charge on any atom is 0.271 e. The Labute approximate surface area is 116 Å². The zero-order valence-electron chi connectivity index (χ0n) is 10.9. The van der Waals surface area contributed by atoms with Crippen LogP contribution in [0.1, 0.15) is 23.8 Å². The molecule has 0 atom stereocenters. The van der Waals surface area contributed by atoms with E-state index in [2.05, 4.69) is 20.9 Å². The van der Waals surface area contributed by atoms with E-state index in [1.807, 2.05) is 6.92 Å². The van der Waals surface area contributed by atoms with E-state index in [9.17, 15) is 9.59 Å². The van der Waals surface area contributed by atoms with Crippen LogP contribution in [0.4, 0.5) is 5.82 Å². The number of hydrogen-bond donors (Lipinski definition) is 3. The third-order valence-electron chi connectivity index (χ3n) is 2.33. The lowest BCUT2D eigenvalue weighted by Crippen LogP contribution is -2.31.